The van der Waals surface area contributed by atoms with E-state index in [2.05, 4.69) is 14.8 Å². The van der Waals surface area contributed by atoms with Gasteiger partial charge in [-0.25, -0.2) is 13.8 Å². The number of hydrogen-bond acceptors (Lipinski definition) is 6. The van der Waals surface area contributed by atoms with Crippen molar-refractivity contribution in [3.8, 4) is 0 Å². The first-order valence-corrected chi connectivity index (χ1v) is 10.2. The molecule has 2 saturated heterocycles. The highest BCUT2D eigenvalue weighted by Crippen LogP contribution is 2.21. The van der Waals surface area contributed by atoms with E-state index in [1.807, 2.05) is 0 Å². The summed E-state index contributed by atoms with van der Waals surface area (Å²) in [7, 11) is 3.03. The molecule has 1 aromatic rings. The molecule has 0 spiro atoms. The number of ketones is 1. The number of hydrogen-bond donors (Lipinski definition) is 0. The molecule has 4 rings (SSSR count). The second-order valence-corrected chi connectivity index (χ2v) is 8.10. The van der Waals surface area contributed by atoms with E-state index < -0.39 is 12.1 Å². The standard InChI is InChI=1S/C21H26FN6O3/c1-14(29)12-28-17(23-19-18(28)20(30)25(3)21(31)24(19)2)13-26-8-10-27(11-9-26)16-6-4-15(22)5-7-16/h4-7,18H,8-13H2,1-3H3/q+1. The molecule has 3 aliphatic heterocycles. The molecule has 1 unspecified atom stereocenters. The van der Waals surface area contributed by atoms with Gasteiger partial charge in [-0.05, 0) is 36.2 Å². The molecule has 31 heavy (non-hydrogen) atoms. The molecule has 1 atom stereocenters. The van der Waals surface area contributed by atoms with Crippen LogP contribution in [-0.2, 0) is 9.59 Å². The molecule has 0 bridgehead atoms. The van der Waals surface area contributed by atoms with Crippen molar-refractivity contribution in [1.29, 1.82) is 0 Å². The number of piperazine rings is 1. The molecule has 0 N–H and O–H groups in total. The van der Waals surface area contributed by atoms with E-state index in [0.717, 1.165) is 36.8 Å². The third-order valence-corrected chi connectivity index (χ3v) is 5.94. The maximum absolute atomic E-state index is 13.2. The number of benzene rings is 1. The molecule has 3 aliphatic rings. The van der Waals surface area contributed by atoms with Crippen LogP contribution in [0.3, 0.4) is 0 Å². The third kappa shape index (κ3) is 3.95. The Hall–Kier alpha value is -3.14. The van der Waals surface area contributed by atoms with Gasteiger partial charge in [0, 0.05) is 46.0 Å². The summed E-state index contributed by atoms with van der Waals surface area (Å²) < 4.78 is 14.9. The normalized spacial score (nSPS) is 22.3. The van der Waals surface area contributed by atoms with Gasteiger partial charge in [-0.1, -0.05) is 0 Å². The first-order chi connectivity index (χ1) is 14.8. The summed E-state index contributed by atoms with van der Waals surface area (Å²) in [6, 6.07) is 5.27. The molecule has 164 valence electrons. The molecule has 10 heteroatoms. The number of anilines is 1. The number of carbonyl (C=O) groups excluding carboxylic acids is 3. The fraction of sp³-hybridized carbons (Fsp3) is 0.476. The Labute approximate surface area is 180 Å². The molecule has 2 fully saturated rings. The van der Waals surface area contributed by atoms with Crippen LogP contribution in [0.25, 0.3) is 0 Å². The van der Waals surface area contributed by atoms with Crippen molar-refractivity contribution < 1.29 is 23.3 Å². The van der Waals surface area contributed by atoms with Crippen LogP contribution in [0.5, 0.6) is 0 Å². The zero-order valence-corrected chi connectivity index (χ0v) is 17.9. The summed E-state index contributed by atoms with van der Waals surface area (Å²) in [6.45, 7) is 5.06. The van der Waals surface area contributed by atoms with Gasteiger partial charge in [0.05, 0.1) is 0 Å². The number of amidine groups is 2. The van der Waals surface area contributed by atoms with Gasteiger partial charge in [0.2, 0.25) is 0 Å². The maximum Gasteiger partial charge on any atom is 0.333 e. The van der Waals surface area contributed by atoms with Gasteiger partial charge in [-0.3, -0.25) is 24.3 Å². The van der Waals surface area contributed by atoms with E-state index >= 15 is 0 Å². The first-order valence-electron chi connectivity index (χ1n) is 10.2. The second-order valence-electron chi connectivity index (χ2n) is 8.10. The van der Waals surface area contributed by atoms with E-state index in [-0.39, 0.29) is 24.1 Å². The number of nitrogens with zero attached hydrogens (tertiary/aromatic N) is 6. The zero-order chi connectivity index (χ0) is 22.3. The van der Waals surface area contributed by atoms with Crippen LogP contribution in [-0.4, -0.2) is 108 Å². The SMILES string of the molecule is CC(=O)C[N+]1=C(CN2CCN(c3ccc(F)cc3)CC2)N=C2C1C(=O)N(C)C(=O)N2C. The molecule has 0 aliphatic carbocycles. The van der Waals surface area contributed by atoms with Gasteiger partial charge >= 0.3 is 11.9 Å². The minimum atomic E-state index is -0.757. The van der Waals surface area contributed by atoms with Crippen LogP contribution in [0.1, 0.15) is 6.92 Å². The average Bonchev–Trinajstić information content (AvgIpc) is 3.09. The smallest absolute Gasteiger partial charge is 0.333 e. The predicted molar refractivity (Wildman–Crippen MR) is 113 cm³/mol. The lowest BCUT2D eigenvalue weighted by atomic mass is 10.1. The van der Waals surface area contributed by atoms with Gasteiger partial charge in [0.25, 0.3) is 17.8 Å². The average molecular weight is 429 g/mol. The molecular weight excluding hydrogens is 403 g/mol. The van der Waals surface area contributed by atoms with E-state index in [1.54, 1.807) is 23.8 Å². The van der Waals surface area contributed by atoms with Crippen molar-refractivity contribution in [3.63, 3.8) is 0 Å². The topological polar surface area (TPSA) is 79.5 Å². The summed E-state index contributed by atoms with van der Waals surface area (Å²) in [5.74, 6) is 0.280. The Bertz CT molecular complexity index is 981. The van der Waals surface area contributed by atoms with Gasteiger partial charge in [0.15, 0.2) is 5.78 Å². The molecule has 9 nitrogen and oxygen atoms in total. The number of halogens is 1. The zero-order valence-electron chi connectivity index (χ0n) is 17.9. The Morgan fingerprint density at radius 3 is 2.35 bits per heavy atom. The number of likely N-dealkylation sites (N-methyl/N-ethyl adjacent to an activating group) is 2. The Morgan fingerprint density at radius 1 is 1.10 bits per heavy atom. The van der Waals surface area contributed by atoms with Crippen LogP contribution >= 0.6 is 0 Å². The van der Waals surface area contributed by atoms with Crippen LogP contribution in [0, 0.1) is 5.82 Å². The molecule has 0 aromatic heterocycles. The van der Waals surface area contributed by atoms with E-state index in [1.165, 1.54) is 31.0 Å². The minimum absolute atomic E-state index is 0.0597. The largest absolute Gasteiger partial charge is 0.369 e. The summed E-state index contributed by atoms with van der Waals surface area (Å²) in [5.41, 5.74) is 0.979. The Morgan fingerprint density at radius 2 is 1.74 bits per heavy atom. The number of amides is 3. The van der Waals surface area contributed by atoms with E-state index in [9.17, 15) is 18.8 Å². The highest BCUT2D eigenvalue weighted by Gasteiger charge is 2.53. The summed E-state index contributed by atoms with van der Waals surface area (Å²) in [5, 5.41) is 0. The summed E-state index contributed by atoms with van der Waals surface area (Å²) >= 11 is 0. The highest BCUT2D eigenvalue weighted by molar-refractivity contribution is 6.23. The number of imide groups is 1. The molecule has 1 aromatic carbocycles. The number of carbonyl (C=O) groups is 3. The van der Waals surface area contributed by atoms with Crippen molar-refractivity contribution in [2.24, 2.45) is 4.99 Å². The minimum Gasteiger partial charge on any atom is -0.369 e. The lowest BCUT2D eigenvalue weighted by molar-refractivity contribution is -0.524. The monoisotopic (exact) mass is 429 g/mol. The summed E-state index contributed by atoms with van der Waals surface area (Å²) in [4.78, 5) is 48.5. The quantitative estimate of drug-likeness (QED) is 0.627. The Balaban J connectivity index is 1.51. The number of fused-ring (bicyclic) bond motifs is 1. The van der Waals surface area contributed by atoms with Crippen molar-refractivity contribution in [2.45, 2.75) is 13.0 Å². The van der Waals surface area contributed by atoms with Gasteiger partial charge in [0.1, 0.15) is 18.9 Å². The van der Waals surface area contributed by atoms with Gasteiger partial charge < -0.3 is 4.90 Å². The number of aliphatic imine (C=N–C) groups is 1. The van der Waals surface area contributed by atoms with Crippen LogP contribution in [0.4, 0.5) is 14.9 Å². The van der Waals surface area contributed by atoms with Crippen LogP contribution in [0.15, 0.2) is 29.3 Å². The summed E-state index contributed by atoms with van der Waals surface area (Å²) in [6.07, 6.45) is 0. The van der Waals surface area contributed by atoms with Gasteiger partial charge in [-0.15, -0.1) is 0 Å². The van der Waals surface area contributed by atoms with Gasteiger partial charge in [-0.2, -0.15) is 0 Å². The molecule has 3 amide bonds. The second kappa shape index (κ2) is 8.18. The van der Waals surface area contributed by atoms with Crippen molar-refractivity contribution in [1.82, 2.24) is 14.7 Å². The lowest BCUT2D eigenvalue weighted by Gasteiger charge is -2.35. The first kappa shape index (κ1) is 21.1. The fourth-order valence-electron chi connectivity index (χ4n) is 4.21. The number of Topliss-reactive ketones (excluding diaryl/α,β-unsaturated/α-hetero) is 1. The molecular formula is C21H26FN6O3+. The molecule has 0 radical (unpaired) electrons. The van der Waals surface area contributed by atoms with Crippen molar-refractivity contribution in [3.05, 3.63) is 30.1 Å². The lowest BCUT2D eigenvalue weighted by Crippen LogP contribution is -2.61. The molecule has 3 heterocycles. The third-order valence-electron chi connectivity index (χ3n) is 5.94. The Kier molecular flexibility index (Phi) is 5.57. The highest BCUT2D eigenvalue weighted by atomic mass is 19.1. The maximum atomic E-state index is 13.2. The van der Waals surface area contributed by atoms with Crippen LogP contribution < -0.4 is 4.90 Å². The fourth-order valence-corrected chi connectivity index (χ4v) is 4.21. The number of urea groups is 1. The van der Waals surface area contributed by atoms with E-state index in [4.69, 9.17) is 0 Å². The van der Waals surface area contributed by atoms with Crippen molar-refractivity contribution >= 4 is 35.1 Å². The van der Waals surface area contributed by atoms with Crippen LogP contribution in [0.2, 0.25) is 0 Å². The van der Waals surface area contributed by atoms with E-state index in [0.29, 0.717) is 18.2 Å². The number of rotatable bonds is 5. The van der Waals surface area contributed by atoms with Crippen molar-refractivity contribution in [2.75, 3.05) is 58.3 Å². The predicted octanol–water partition coefficient (Wildman–Crippen LogP) is 0.252. The molecule has 0 saturated carbocycles.